The Morgan fingerprint density at radius 3 is 2.44 bits per heavy atom. The molecule has 1 fully saturated rings. The molecule has 1 amide bonds. The molecular formula is C19H25N3O5. The number of hydrogen-bond donors (Lipinski definition) is 0. The van der Waals surface area contributed by atoms with Crippen LogP contribution >= 0.6 is 0 Å². The smallest absolute Gasteiger partial charge is 0.228 e. The van der Waals surface area contributed by atoms with Gasteiger partial charge in [0.05, 0.1) is 20.8 Å². The fourth-order valence-corrected chi connectivity index (χ4v) is 2.76. The molecule has 8 heteroatoms. The molecule has 3 rings (SSSR count). The first kappa shape index (κ1) is 19.2. The van der Waals surface area contributed by atoms with Crippen molar-refractivity contribution >= 4 is 5.91 Å². The van der Waals surface area contributed by atoms with Gasteiger partial charge in [-0.3, -0.25) is 4.79 Å². The first-order chi connectivity index (χ1) is 13.1. The zero-order valence-electron chi connectivity index (χ0n) is 15.9. The van der Waals surface area contributed by atoms with Crippen LogP contribution in [0, 0.1) is 5.92 Å². The van der Waals surface area contributed by atoms with Gasteiger partial charge in [-0.25, -0.2) is 0 Å². The van der Waals surface area contributed by atoms with Gasteiger partial charge in [0, 0.05) is 44.2 Å². The average molecular weight is 375 g/mol. The summed E-state index contributed by atoms with van der Waals surface area (Å²) in [5.41, 5.74) is 0.742. The average Bonchev–Trinajstić information content (AvgIpc) is 3.45. The first-order valence-corrected chi connectivity index (χ1v) is 8.98. The van der Waals surface area contributed by atoms with E-state index >= 15 is 0 Å². The molecule has 0 atom stereocenters. The third-order valence-electron chi connectivity index (χ3n) is 4.48. The molecule has 1 aliphatic carbocycles. The van der Waals surface area contributed by atoms with Crippen LogP contribution in [0.5, 0.6) is 11.5 Å². The summed E-state index contributed by atoms with van der Waals surface area (Å²) < 4.78 is 21.0. The zero-order chi connectivity index (χ0) is 19.2. The lowest BCUT2D eigenvalue weighted by molar-refractivity contribution is -0.133. The topological polar surface area (TPSA) is 86.9 Å². The van der Waals surface area contributed by atoms with Gasteiger partial charge in [-0.05, 0) is 25.0 Å². The lowest BCUT2D eigenvalue weighted by Crippen LogP contribution is -2.36. The highest BCUT2D eigenvalue weighted by Crippen LogP contribution is 2.31. The third-order valence-corrected chi connectivity index (χ3v) is 4.48. The Labute approximate surface area is 158 Å². The highest BCUT2D eigenvalue weighted by atomic mass is 16.5. The molecule has 1 saturated carbocycles. The van der Waals surface area contributed by atoms with Gasteiger partial charge in [-0.15, -0.1) is 0 Å². The monoisotopic (exact) mass is 375 g/mol. The minimum atomic E-state index is 0.171. The van der Waals surface area contributed by atoms with Crippen LogP contribution in [-0.2, 0) is 16.0 Å². The summed E-state index contributed by atoms with van der Waals surface area (Å²) in [6.07, 6.45) is 2.45. The van der Waals surface area contributed by atoms with E-state index in [1.54, 1.807) is 27.4 Å². The van der Waals surface area contributed by atoms with E-state index in [4.69, 9.17) is 18.7 Å². The Morgan fingerprint density at radius 2 is 1.85 bits per heavy atom. The highest BCUT2D eigenvalue weighted by molar-refractivity contribution is 5.81. The summed E-state index contributed by atoms with van der Waals surface area (Å²) in [5.74, 6) is 2.60. The largest absolute Gasteiger partial charge is 0.497 e. The van der Waals surface area contributed by atoms with Crippen LogP contribution in [-0.4, -0.2) is 62.0 Å². The van der Waals surface area contributed by atoms with Crippen molar-refractivity contribution in [3.8, 4) is 22.9 Å². The molecule has 1 aromatic carbocycles. The summed E-state index contributed by atoms with van der Waals surface area (Å²) in [5, 5.41) is 4.04. The molecule has 0 unspecified atom stereocenters. The van der Waals surface area contributed by atoms with Gasteiger partial charge >= 0.3 is 0 Å². The standard InChI is InChI=1S/C19H25N3O5/c1-24-9-8-22(19(23)13-4-5-13)7-6-17-20-18(21-27-17)14-10-15(25-2)12-16(11-14)26-3/h10-13H,4-9H2,1-3H3. The van der Waals surface area contributed by atoms with Crippen molar-refractivity contribution in [2.24, 2.45) is 5.92 Å². The van der Waals surface area contributed by atoms with Gasteiger partial charge in [-0.1, -0.05) is 5.16 Å². The van der Waals surface area contributed by atoms with Crippen molar-refractivity contribution in [2.45, 2.75) is 19.3 Å². The molecule has 1 heterocycles. The van der Waals surface area contributed by atoms with Gasteiger partial charge in [0.25, 0.3) is 0 Å². The summed E-state index contributed by atoms with van der Waals surface area (Å²) in [6.45, 7) is 1.61. The van der Waals surface area contributed by atoms with Gasteiger partial charge in [0.15, 0.2) is 0 Å². The SMILES string of the molecule is COCCN(CCc1nc(-c2cc(OC)cc(OC)c2)no1)C(=O)C1CC1. The minimum Gasteiger partial charge on any atom is -0.497 e. The molecule has 0 radical (unpaired) electrons. The van der Waals surface area contributed by atoms with Crippen LogP contribution in [0.15, 0.2) is 22.7 Å². The number of amides is 1. The van der Waals surface area contributed by atoms with E-state index in [1.165, 1.54) is 0 Å². The van der Waals surface area contributed by atoms with E-state index < -0.39 is 0 Å². The predicted octanol–water partition coefficient (Wildman–Crippen LogP) is 2.18. The van der Waals surface area contributed by atoms with Crippen LogP contribution in [0.4, 0.5) is 0 Å². The predicted molar refractivity (Wildman–Crippen MR) is 97.7 cm³/mol. The van der Waals surface area contributed by atoms with Crippen LogP contribution in [0.25, 0.3) is 11.4 Å². The number of carbonyl (C=O) groups excluding carboxylic acids is 1. The molecule has 0 N–H and O–H groups in total. The number of benzene rings is 1. The Kier molecular flexibility index (Phi) is 6.28. The molecular weight excluding hydrogens is 350 g/mol. The van der Waals surface area contributed by atoms with Crippen molar-refractivity contribution < 1.29 is 23.5 Å². The second kappa shape index (κ2) is 8.85. The molecule has 0 aliphatic heterocycles. The maximum Gasteiger partial charge on any atom is 0.228 e. The Hall–Kier alpha value is -2.61. The molecule has 27 heavy (non-hydrogen) atoms. The van der Waals surface area contributed by atoms with Crippen molar-refractivity contribution in [3.63, 3.8) is 0 Å². The molecule has 0 spiro atoms. The van der Waals surface area contributed by atoms with Crippen molar-refractivity contribution in [3.05, 3.63) is 24.1 Å². The number of rotatable bonds is 10. The molecule has 146 valence electrons. The minimum absolute atomic E-state index is 0.171. The van der Waals surface area contributed by atoms with Crippen molar-refractivity contribution in [1.29, 1.82) is 0 Å². The maximum atomic E-state index is 12.4. The van der Waals surface area contributed by atoms with Gasteiger partial charge in [-0.2, -0.15) is 4.98 Å². The van der Waals surface area contributed by atoms with Gasteiger partial charge < -0.3 is 23.6 Å². The van der Waals surface area contributed by atoms with E-state index in [2.05, 4.69) is 10.1 Å². The fraction of sp³-hybridized carbons (Fsp3) is 0.526. The molecule has 1 aromatic heterocycles. The van der Waals surface area contributed by atoms with Crippen LogP contribution < -0.4 is 9.47 Å². The Morgan fingerprint density at radius 1 is 1.15 bits per heavy atom. The quantitative estimate of drug-likeness (QED) is 0.629. The summed E-state index contributed by atoms with van der Waals surface area (Å²) in [7, 11) is 4.81. The van der Waals surface area contributed by atoms with Crippen molar-refractivity contribution in [1.82, 2.24) is 15.0 Å². The van der Waals surface area contributed by atoms with E-state index in [0.29, 0.717) is 49.3 Å². The van der Waals surface area contributed by atoms with E-state index in [9.17, 15) is 4.79 Å². The van der Waals surface area contributed by atoms with E-state index in [0.717, 1.165) is 18.4 Å². The molecule has 8 nitrogen and oxygen atoms in total. The number of ether oxygens (including phenoxy) is 3. The molecule has 2 aromatic rings. The van der Waals surface area contributed by atoms with E-state index in [1.807, 2.05) is 17.0 Å². The summed E-state index contributed by atoms with van der Waals surface area (Å²) >= 11 is 0. The molecule has 0 bridgehead atoms. The number of methoxy groups -OCH3 is 3. The van der Waals surface area contributed by atoms with Crippen LogP contribution in [0.2, 0.25) is 0 Å². The first-order valence-electron chi connectivity index (χ1n) is 8.98. The Bertz CT molecular complexity index is 750. The van der Waals surface area contributed by atoms with E-state index in [-0.39, 0.29) is 11.8 Å². The molecule has 0 saturated heterocycles. The third kappa shape index (κ3) is 4.97. The number of hydrogen-bond acceptors (Lipinski definition) is 7. The van der Waals surface area contributed by atoms with Crippen molar-refractivity contribution in [2.75, 3.05) is 41.0 Å². The van der Waals surface area contributed by atoms with Gasteiger partial charge in [0.1, 0.15) is 11.5 Å². The van der Waals surface area contributed by atoms with Crippen LogP contribution in [0.1, 0.15) is 18.7 Å². The maximum absolute atomic E-state index is 12.4. The normalized spacial score (nSPS) is 13.4. The van der Waals surface area contributed by atoms with Crippen LogP contribution in [0.3, 0.4) is 0 Å². The number of nitrogens with zero attached hydrogens (tertiary/aromatic N) is 3. The zero-order valence-corrected chi connectivity index (χ0v) is 15.9. The number of aromatic nitrogens is 2. The lowest BCUT2D eigenvalue weighted by atomic mass is 10.2. The Balaban J connectivity index is 1.67. The summed E-state index contributed by atoms with van der Waals surface area (Å²) in [6, 6.07) is 5.42. The summed E-state index contributed by atoms with van der Waals surface area (Å²) in [4.78, 5) is 18.6. The lowest BCUT2D eigenvalue weighted by Gasteiger charge is -2.21. The second-order valence-electron chi connectivity index (χ2n) is 6.46. The number of carbonyl (C=O) groups is 1. The fourth-order valence-electron chi connectivity index (χ4n) is 2.76. The van der Waals surface area contributed by atoms with Gasteiger partial charge in [0.2, 0.25) is 17.6 Å². The second-order valence-corrected chi connectivity index (χ2v) is 6.46. The molecule has 1 aliphatic rings. The highest BCUT2D eigenvalue weighted by Gasteiger charge is 2.33.